The maximum absolute atomic E-state index is 12.3. The van der Waals surface area contributed by atoms with Crippen LogP contribution in [0.4, 0.5) is 0 Å². The molecule has 0 radical (unpaired) electrons. The summed E-state index contributed by atoms with van der Waals surface area (Å²) in [4.78, 5) is 17.9. The van der Waals surface area contributed by atoms with Crippen LogP contribution in [0.5, 0.6) is 0 Å². The van der Waals surface area contributed by atoms with E-state index >= 15 is 0 Å². The number of hydrogen-bond acceptors (Lipinski definition) is 4. The molecule has 1 aromatic heterocycles. The maximum atomic E-state index is 12.3. The van der Waals surface area contributed by atoms with Crippen molar-refractivity contribution in [2.75, 3.05) is 19.7 Å². The fourth-order valence-corrected chi connectivity index (χ4v) is 2.00. The van der Waals surface area contributed by atoms with Crippen LogP contribution in [-0.4, -0.2) is 40.6 Å². The summed E-state index contributed by atoms with van der Waals surface area (Å²) in [5.74, 6) is 0.291. The summed E-state index contributed by atoms with van der Waals surface area (Å²) in [6.45, 7) is 2.46. The van der Waals surface area contributed by atoms with E-state index in [0.717, 1.165) is 12.0 Å². The average Bonchev–Trinajstić information content (AvgIpc) is 2.90. The molecule has 0 bridgehead atoms. The third-order valence-electron chi connectivity index (χ3n) is 3.12. The molecule has 1 N–H and O–H groups in total. The molecule has 0 unspecified atom stereocenters. The number of rotatable bonds is 6. The van der Waals surface area contributed by atoms with E-state index in [2.05, 4.69) is 4.98 Å². The van der Waals surface area contributed by atoms with Gasteiger partial charge >= 0.3 is 0 Å². The number of aryl methyl sites for hydroxylation is 1. The van der Waals surface area contributed by atoms with Crippen LogP contribution in [-0.2, 0) is 6.42 Å². The van der Waals surface area contributed by atoms with Gasteiger partial charge in [0.2, 0.25) is 0 Å². The van der Waals surface area contributed by atoms with E-state index in [9.17, 15) is 4.79 Å². The molecule has 2 rings (SSSR count). The predicted octanol–water partition coefficient (Wildman–Crippen LogP) is 1.66. The molecule has 5 nitrogen and oxygen atoms in total. The molecule has 0 aliphatic rings. The van der Waals surface area contributed by atoms with Crippen molar-refractivity contribution >= 4 is 5.91 Å². The van der Waals surface area contributed by atoms with Crippen LogP contribution in [0, 0.1) is 6.92 Å². The van der Waals surface area contributed by atoms with E-state index in [0.29, 0.717) is 18.0 Å². The number of hydrogen-bond donors (Lipinski definition) is 1. The van der Waals surface area contributed by atoms with Gasteiger partial charge in [0.05, 0.1) is 6.61 Å². The molecule has 2 aromatic rings. The third-order valence-corrected chi connectivity index (χ3v) is 3.12. The Kier molecular flexibility index (Phi) is 4.90. The highest BCUT2D eigenvalue weighted by Crippen LogP contribution is 2.10. The van der Waals surface area contributed by atoms with Gasteiger partial charge in [0.1, 0.15) is 5.76 Å². The molecule has 1 heterocycles. The van der Waals surface area contributed by atoms with Crippen LogP contribution in [0.15, 0.2) is 41.1 Å². The number of carbonyl (C=O) groups excluding carboxylic acids is 1. The first-order valence-electron chi connectivity index (χ1n) is 6.56. The number of nitrogens with zero attached hydrogens (tertiary/aromatic N) is 2. The zero-order valence-electron chi connectivity index (χ0n) is 11.5. The van der Waals surface area contributed by atoms with Crippen LogP contribution in [0.25, 0.3) is 0 Å². The number of oxazole rings is 1. The molecule has 20 heavy (non-hydrogen) atoms. The summed E-state index contributed by atoms with van der Waals surface area (Å²) in [7, 11) is 0. The van der Waals surface area contributed by atoms with Gasteiger partial charge in [-0.2, -0.15) is 0 Å². The van der Waals surface area contributed by atoms with Gasteiger partial charge in [-0.1, -0.05) is 30.3 Å². The smallest absolute Gasteiger partial charge is 0.276 e. The van der Waals surface area contributed by atoms with Crippen LogP contribution in [0.1, 0.15) is 21.8 Å². The van der Waals surface area contributed by atoms with E-state index in [1.54, 1.807) is 11.8 Å². The van der Waals surface area contributed by atoms with E-state index in [1.165, 1.54) is 6.39 Å². The van der Waals surface area contributed by atoms with Gasteiger partial charge in [0.15, 0.2) is 12.1 Å². The van der Waals surface area contributed by atoms with Crippen molar-refractivity contribution in [2.45, 2.75) is 13.3 Å². The Labute approximate surface area is 117 Å². The highest BCUT2D eigenvalue weighted by Gasteiger charge is 2.20. The van der Waals surface area contributed by atoms with Crippen molar-refractivity contribution in [3.8, 4) is 0 Å². The molecule has 106 valence electrons. The highest BCUT2D eigenvalue weighted by atomic mass is 16.3. The quantitative estimate of drug-likeness (QED) is 0.870. The van der Waals surface area contributed by atoms with Crippen molar-refractivity contribution in [3.05, 3.63) is 53.7 Å². The first kappa shape index (κ1) is 14.3. The lowest BCUT2D eigenvalue weighted by Gasteiger charge is -2.20. The number of aromatic nitrogens is 1. The molecule has 1 aromatic carbocycles. The monoisotopic (exact) mass is 274 g/mol. The Morgan fingerprint density at radius 3 is 2.65 bits per heavy atom. The second-order valence-electron chi connectivity index (χ2n) is 4.51. The predicted molar refractivity (Wildman–Crippen MR) is 74.4 cm³/mol. The Hall–Kier alpha value is -2.14. The van der Waals surface area contributed by atoms with E-state index in [1.807, 2.05) is 30.3 Å². The zero-order valence-corrected chi connectivity index (χ0v) is 11.5. The average molecular weight is 274 g/mol. The van der Waals surface area contributed by atoms with Crippen molar-refractivity contribution in [2.24, 2.45) is 0 Å². The first-order chi connectivity index (χ1) is 9.72. The number of benzene rings is 1. The summed E-state index contributed by atoms with van der Waals surface area (Å²) in [5, 5.41) is 9.11. The van der Waals surface area contributed by atoms with Crippen LogP contribution >= 0.6 is 0 Å². The van der Waals surface area contributed by atoms with E-state index < -0.39 is 0 Å². The molecule has 0 spiro atoms. The van der Waals surface area contributed by atoms with Crippen LogP contribution in [0.2, 0.25) is 0 Å². The first-order valence-corrected chi connectivity index (χ1v) is 6.56. The van der Waals surface area contributed by atoms with Gasteiger partial charge in [0, 0.05) is 13.1 Å². The molecule has 1 amide bonds. The summed E-state index contributed by atoms with van der Waals surface area (Å²) < 4.78 is 5.06. The highest BCUT2D eigenvalue weighted by molar-refractivity contribution is 5.93. The van der Waals surface area contributed by atoms with Crippen molar-refractivity contribution in [1.29, 1.82) is 0 Å². The minimum atomic E-state index is -0.207. The van der Waals surface area contributed by atoms with Crippen molar-refractivity contribution in [3.63, 3.8) is 0 Å². The molecular formula is C15H18N2O3. The lowest BCUT2D eigenvalue weighted by atomic mass is 10.1. The molecule has 0 saturated heterocycles. The van der Waals surface area contributed by atoms with Gasteiger partial charge in [-0.15, -0.1) is 0 Å². The molecule has 0 aliphatic carbocycles. The Bertz CT molecular complexity index is 551. The SMILES string of the molecule is Cc1ocnc1C(=O)N(CCO)CCc1ccccc1. The fraction of sp³-hybridized carbons (Fsp3) is 0.333. The van der Waals surface area contributed by atoms with Crippen LogP contribution in [0.3, 0.4) is 0 Å². The van der Waals surface area contributed by atoms with Crippen molar-refractivity contribution in [1.82, 2.24) is 9.88 Å². The lowest BCUT2D eigenvalue weighted by Crippen LogP contribution is -2.35. The Morgan fingerprint density at radius 2 is 2.05 bits per heavy atom. The molecule has 0 saturated carbocycles. The molecule has 5 heteroatoms. The molecule has 0 fully saturated rings. The second kappa shape index (κ2) is 6.86. The van der Waals surface area contributed by atoms with Crippen molar-refractivity contribution < 1.29 is 14.3 Å². The maximum Gasteiger partial charge on any atom is 0.276 e. The fourth-order valence-electron chi connectivity index (χ4n) is 2.00. The number of amides is 1. The molecule has 0 aliphatic heterocycles. The van der Waals surface area contributed by atoms with Gasteiger partial charge in [-0.05, 0) is 18.9 Å². The van der Waals surface area contributed by atoms with E-state index in [-0.39, 0.29) is 19.1 Å². The van der Waals surface area contributed by atoms with E-state index in [4.69, 9.17) is 9.52 Å². The molecule has 0 atom stereocenters. The normalized spacial score (nSPS) is 10.5. The van der Waals surface area contributed by atoms with Gasteiger partial charge in [-0.25, -0.2) is 4.98 Å². The number of carbonyl (C=O) groups is 1. The topological polar surface area (TPSA) is 66.6 Å². The van der Waals surface area contributed by atoms with Gasteiger partial charge < -0.3 is 14.4 Å². The number of aliphatic hydroxyl groups is 1. The summed E-state index contributed by atoms with van der Waals surface area (Å²) >= 11 is 0. The number of aliphatic hydroxyl groups excluding tert-OH is 1. The minimum absolute atomic E-state index is 0.0720. The summed E-state index contributed by atoms with van der Waals surface area (Å²) in [6, 6.07) is 9.93. The minimum Gasteiger partial charge on any atom is -0.448 e. The largest absolute Gasteiger partial charge is 0.448 e. The standard InChI is InChI=1S/C15H18N2O3/c1-12-14(16-11-20-12)15(19)17(9-10-18)8-7-13-5-3-2-4-6-13/h2-6,11,18H,7-10H2,1H3. The van der Waals surface area contributed by atoms with Gasteiger partial charge in [0.25, 0.3) is 5.91 Å². The Morgan fingerprint density at radius 1 is 1.30 bits per heavy atom. The summed E-state index contributed by atoms with van der Waals surface area (Å²) in [6.07, 6.45) is 2.00. The Balaban J connectivity index is 2.03. The lowest BCUT2D eigenvalue weighted by molar-refractivity contribution is 0.0717. The van der Waals surface area contributed by atoms with Gasteiger partial charge in [-0.3, -0.25) is 4.79 Å². The summed E-state index contributed by atoms with van der Waals surface area (Å²) in [5.41, 5.74) is 1.46. The molecular weight excluding hydrogens is 256 g/mol. The zero-order chi connectivity index (χ0) is 14.4. The third kappa shape index (κ3) is 3.45. The van der Waals surface area contributed by atoms with Crippen LogP contribution < -0.4 is 0 Å². The second-order valence-corrected chi connectivity index (χ2v) is 4.51.